The molecule has 1 amide bonds. The van der Waals surface area contributed by atoms with E-state index in [9.17, 15) is 4.79 Å². The number of carbonyl (C=O) groups excluding carboxylic acids is 1. The first-order valence-corrected chi connectivity index (χ1v) is 10.7. The van der Waals surface area contributed by atoms with E-state index in [1.165, 1.54) is 38.8 Å². The first-order valence-electron chi connectivity index (χ1n) is 10.7. The Labute approximate surface area is 158 Å². The fourth-order valence-electron chi connectivity index (χ4n) is 4.97. The number of nitrogens with two attached hydrogens (primary N) is 1. The average Bonchev–Trinajstić information content (AvgIpc) is 3.08. The van der Waals surface area contributed by atoms with E-state index in [1.54, 1.807) is 0 Å². The van der Waals surface area contributed by atoms with Crippen LogP contribution in [0, 0.1) is 17.8 Å². The summed E-state index contributed by atoms with van der Waals surface area (Å²) in [7, 11) is 0. The molecule has 1 saturated carbocycles. The molecule has 3 unspecified atom stereocenters. The molecule has 26 heavy (non-hydrogen) atoms. The van der Waals surface area contributed by atoms with Crippen molar-refractivity contribution in [2.45, 2.75) is 51.9 Å². The van der Waals surface area contributed by atoms with E-state index in [-0.39, 0.29) is 11.8 Å². The molecule has 0 spiro atoms. The highest BCUT2D eigenvalue weighted by Crippen LogP contribution is 2.35. The second-order valence-corrected chi connectivity index (χ2v) is 8.34. The maximum Gasteiger partial charge on any atom is 0.221 e. The van der Waals surface area contributed by atoms with Gasteiger partial charge in [0, 0.05) is 32.7 Å². The Hall–Kier alpha value is -1.30. The first-order chi connectivity index (χ1) is 12.7. The highest BCUT2D eigenvalue weighted by molar-refractivity contribution is 5.80. The maximum absolute atomic E-state index is 11.4. The number of amides is 1. The largest absolute Gasteiger partial charge is 0.369 e. The number of carbonyl (C=O) groups is 1. The fourth-order valence-corrected chi connectivity index (χ4v) is 4.97. The zero-order chi connectivity index (χ0) is 18.4. The van der Waals surface area contributed by atoms with Gasteiger partial charge in [-0.3, -0.25) is 9.79 Å². The molecule has 3 rings (SSSR count). The number of rotatable bonds is 6. The molecule has 6 nitrogen and oxygen atoms in total. The van der Waals surface area contributed by atoms with E-state index in [2.05, 4.69) is 22.0 Å². The maximum atomic E-state index is 11.4. The van der Waals surface area contributed by atoms with Gasteiger partial charge in [0.05, 0.1) is 5.92 Å². The lowest BCUT2D eigenvalue weighted by molar-refractivity contribution is -0.123. The fraction of sp³-hybridized carbons (Fsp3) is 0.900. The van der Waals surface area contributed by atoms with Crippen LogP contribution in [0.15, 0.2) is 4.99 Å². The van der Waals surface area contributed by atoms with Gasteiger partial charge in [0.2, 0.25) is 5.91 Å². The second kappa shape index (κ2) is 9.58. The van der Waals surface area contributed by atoms with Gasteiger partial charge >= 0.3 is 0 Å². The van der Waals surface area contributed by atoms with Gasteiger partial charge in [-0.25, -0.2) is 0 Å². The minimum absolute atomic E-state index is 0.0394. The van der Waals surface area contributed by atoms with Gasteiger partial charge in [0.15, 0.2) is 5.96 Å². The van der Waals surface area contributed by atoms with Crippen LogP contribution in [0.5, 0.6) is 0 Å². The number of primary amides is 1. The van der Waals surface area contributed by atoms with Gasteiger partial charge in [-0.05, 0) is 64.0 Å². The van der Waals surface area contributed by atoms with Crippen LogP contribution in [-0.4, -0.2) is 67.5 Å². The van der Waals surface area contributed by atoms with Crippen LogP contribution in [0.4, 0.5) is 0 Å². The molecule has 2 heterocycles. The number of guanidine groups is 1. The number of nitrogens with one attached hydrogen (secondary N) is 1. The molecule has 1 aliphatic carbocycles. The first kappa shape index (κ1) is 19.5. The molecule has 0 aromatic heterocycles. The number of piperidine rings is 1. The van der Waals surface area contributed by atoms with Gasteiger partial charge in [0.25, 0.3) is 0 Å². The van der Waals surface area contributed by atoms with Crippen molar-refractivity contribution in [3.63, 3.8) is 0 Å². The van der Waals surface area contributed by atoms with Gasteiger partial charge in [0.1, 0.15) is 0 Å². The molecule has 3 fully saturated rings. The molecule has 0 aromatic carbocycles. The van der Waals surface area contributed by atoms with Crippen LogP contribution < -0.4 is 11.1 Å². The summed E-state index contributed by atoms with van der Waals surface area (Å²) in [4.78, 5) is 21.2. The van der Waals surface area contributed by atoms with Gasteiger partial charge in [-0.2, -0.15) is 0 Å². The predicted molar refractivity (Wildman–Crippen MR) is 106 cm³/mol. The summed E-state index contributed by atoms with van der Waals surface area (Å²) < 4.78 is 0. The number of aliphatic imine (C=N–C) groups is 1. The van der Waals surface area contributed by atoms with E-state index < -0.39 is 0 Å². The molecule has 2 aliphatic heterocycles. The summed E-state index contributed by atoms with van der Waals surface area (Å²) >= 11 is 0. The molecule has 0 aromatic rings. The summed E-state index contributed by atoms with van der Waals surface area (Å²) in [6.45, 7) is 9.22. The van der Waals surface area contributed by atoms with Gasteiger partial charge < -0.3 is 20.9 Å². The lowest BCUT2D eigenvalue weighted by Gasteiger charge is -2.30. The SMILES string of the molecule is CCNC(=NCCCN1CCCC(C(N)=O)C1)N1CC2CCCCC2C1. The van der Waals surface area contributed by atoms with Gasteiger partial charge in [-0.1, -0.05) is 12.8 Å². The minimum atomic E-state index is -0.141. The quantitative estimate of drug-likeness (QED) is 0.428. The number of hydrogen-bond acceptors (Lipinski definition) is 3. The second-order valence-electron chi connectivity index (χ2n) is 8.34. The van der Waals surface area contributed by atoms with Crippen LogP contribution in [0.2, 0.25) is 0 Å². The molecule has 3 N–H and O–H groups in total. The Morgan fingerprint density at radius 1 is 1.12 bits per heavy atom. The molecule has 148 valence electrons. The van der Waals surface area contributed by atoms with Crippen LogP contribution in [0.25, 0.3) is 0 Å². The van der Waals surface area contributed by atoms with Crippen molar-refractivity contribution in [3.05, 3.63) is 0 Å². The number of hydrogen-bond donors (Lipinski definition) is 2. The molecule has 2 saturated heterocycles. The predicted octanol–water partition coefficient (Wildman–Crippen LogP) is 1.66. The summed E-state index contributed by atoms with van der Waals surface area (Å²) in [5, 5.41) is 3.50. The van der Waals surface area contributed by atoms with E-state index in [0.29, 0.717) is 0 Å². The minimum Gasteiger partial charge on any atom is -0.369 e. The number of nitrogens with zero attached hydrogens (tertiary/aromatic N) is 3. The van der Waals surface area contributed by atoms with Crippen molar-refractivity contribution in [2.24, 2.45) is 28.5 Å². The van der Waals surface area contributed by atoms with Crippen molar-refractivity contribution in [2.75, 3.05) is 45.8 Å². The van der Waals surface area contributed by atoms with Crippen molar-refractivity contribution in [3.8, 4) is 0 Å². The summed E-state index contributed by atoms with van der Waals surface area (Å²) in [6.07, 6.45) is 8.69. The number of likely N-dealkylation sites (tertiary alicyclic amines) is 2. The lowest BCUT2D eigenvalue weighted by atomic mass is 9.82. The van der Waals surface area contributed by atoms with Crippen molar-refractivity contribution < 1.29 is 4.79 Å². The average molecular weight is 364 g/mol. The molecule has 6 heteroatoms. The van der Waals surface area contributed by atoms with Crippen LogP contribution >= 0.6 is 0 Å². The Morgan fingerprint density at radius 2 is 1.85 bits per heavy atom. The Balaban J connectivity index is 1.45. The Bertz CT molecular complexity index is 481. The zero-order valence-electron chi connectivity index (χ0n) is 16.5. The molecule has 3 atom stereocenters. The smallest absolute Gasteiger partial charge is 0.221 e. The summed E-state index contributed by atoms with van der Waals surface area (Å²) in [6, 6.07) is 0. The Morgan fingerprint density at radius 3 is 2.50 bits per heavy atom. The van der Waals surface area contributed by atoms with Crippen LogP contribution in [-0.2, 0) is 4.79 Å². The lowest BCUT2D eigenvalue weighted by Crippen LogP contribution is -2.42. The monoisotopic (exact) mass is 363 g/mol. The van der Waals surface area contributed by atoms with Crippen molar-refractivity contribution >= 4 is 11.9 Å². The topological polar surface area (TPSA) is 74.0 Å². The van der Waals surface area contributed by atoms with Gasteiger partial charge in [-0.15, -0.1) is 0 Å². The normalized spacial score (nSPS) is 30.3. The molecular formula is C20H37N5O. The summed E-state index contributed by atoms with van der Waals surface area (Å²) in [5.41, 5.74) is 5.48. The standard InChI is InChI=1S/C20H37N5O/c1-2-22-20(25-14-16-7-3-4-8-17(16)15-25)23-10-6-12-24-11-5-9-18(13-24)19(21)26/h16-18H,2-15H2,1H3,(H2,21,26)(H,22,23). The van der Waals surface area contributed by atoms with E-state index in [0.717, 1.165) is 69.8 Å². The third-order valence-corrected chi connectivity index (χ3v) is 6.41. The zero-order valence-corrected chi connectivity index (χ0v) is 16.5. The molecular weight excluding hydrogens is 326 g/mol. The molecule has 0 bridgehead atoms. The molecule has 3 aliphatic rings. The van der Waals surface area contributed by atoms with E-state index >= 15 is 0 Å². The van der Waals surface area contributed by atoms with Crippen molar-refractivity contribution in [1.29, 1.82) is 0 Å². The van der Waals surface area contributed by atoms with E-state index in [4.69, 9.17) is 10.7 Å². The Kier molecular flexibility index (Phi) is 7.17. The highest BCUT2D eigenvalue weighted by Gasteiger charge is 2.35. The third-order valence-electron chi connectivity index (χ3n) is 6.41. The van der Waals surface area contributed by atoms with Crippen LogP contribution in [0.1, 0.15) is 51.9 Å². The molecule has 0 radical (unpaired) electrons. The highest BCUT2D eigenvalue weighted by atomic mass is 16.1. The van der Waals surface area contributed by atoms with Crippen LogP contribution in [0.3, 0.4) is 0 Å². The van der Waals surface area contributed by atoms with E-state index in [1.807, 2.05) is 0 Å². The van der Waals surface area contributed by atoms with Crippen molar-refractivity contribution in [1.82, 2.24) is 15.1 Å². The summed E-state index contributed by atoms with van der Waals surface area (Å²) in [5.74, 6) is 2.77. The third kappa shape index (κ3) is 5.12. The number of fused-ring (bicyclic) bond motifs is 1.